The summed E-state index contributed by atoms with van der Waals surface area (Å²) in [7, 11) is 0. The zero-order chi connectivity index (χ0) is 15.9. The van der Waals surface area contributed by atoms with E-state index in [9.17, 15) is 4.79 Å². The molecule has 0 aliphatic carbocycles. The highest BCUT2D eigenvalue weighted by Crippen LogP contribution is 2.20. The van der Waals surface area contributed by atoms with E-state index in [4.69, 9.17) is 0 Å². The normalized spacial score (nSPS) is 10.5. The van der Waals surface area contributed by atoms with Crippen molar-refractivity contribution < 1.29 is 4.79 Å². The molecule has 2 rings (SSSR count). The maximum Gasteiger partial charge on any atom is 0.269 e. The molecule has 1 heterocycles. The Morgan fingerprint density at radius 2 is 1.77 bits per heavy atom. The number of benzene rings is 1. The van der Waals surface area contributed by atoms with Crippen LogP contribution < -0.4 is 10.6 Å². The van der Waals surface area contributed by atoms with E-state index < -0.39 is 0 Å². The lowest BCUT2D eigenvalue weighted by Gasteiger charge is -2.09. The van der Waals surface area contributed by atoms with E-state index in [-0.39, 0.29) is 5.91 Å². The Labute approximate surface area is 132 Å². The van der Waals surface area contributed by atoms with E-state index in [0.717, 1.165) is 17.8 Å². The average Bonchev–Trinajstić information content (AvgIpc) is 2.54. The second-order valence-corrected chi connectivity index (χ2v) is 5.59. The van der Waals surface area contributed by atoms with E-state index in [1.807, 2.05) is 13.0 Å². The van der Waals surface area contributed by atoms with Crippen molar-refractivity contribution in [1.29, 1.82) is 0 Å². The molecule has 0 spiro atoms. The van der Waals surface area contributed by atoms with Crippen molar-refractivity contribution in [2.24, 2.45) is 0 Å². The first-order valence-corrected chi connectivity index (χ1v) is 7.71. The summed E-state index contributed by atoms with van der Waals surface area (Å²) in [4.78, 5) is 16.0. The summed E-state index contributed by atoms with van der Waals surface area (Å²) in [6.45, 7) is 7.04. The van der Waals surface area contributed by atoms with Crippen LogP contribution in [0.1, 0.15) is 49.2 Å². The first-order chi connectivity index (χ1) is 10.6. The van der Waals surface area contributed by atoms with Gasteiger partial charge in [0, 0.05) is 12.2 Å². The van der Waals surface area contributed by atoms with Gasteiger partial charge in [-0.3, -0.25) is 4.79 Å². The topological polar surface area (TPSA) is 54.0 Å². The van der Waals surface area contributed by atoms with Gasteiger partial charge in [-0.25, -0.2) is 4.98 Å². The van der Waals surface area contributed by atoms with Crippen LogP contribution in [0.5, 0.6) is 0 Å². The second-order valence-electron chi connectivity index (χ2n) is 5.59. The van der Waals surface area contributed by atoms with E-state index in [1.54, 1.807) is 12.3 Å². The molecule has 0 saturated carbocycles. The van der Waals surface area contributed by atoms with Crippen LogP contribution in [-0.2, 0) is 0 Å². The summed E-state index contributed by atoms with van der Waals surface area (Å²) in [6.07, 6.45) is 2.59. The van der Waals surface area contributed by atoms with Gasteiger partial charge in [0.2, 0.25) is 0 Å². The molecule has 1 aromatic carbocycles. The fraction of sp³-hybridized carbons (Fsp3) is 0.333. The molecule has 1 amide bonds. The Bertz CT molecular complexity index is 603. The Balaban J connectivity index is 2.00. The standard InChI is InChI=1S/C18H23N3O/c1-4-11-19-18(22)17-10-9-16(12-20-17)21-15-7-5-14(6-8-15)13(2)3/h5-10,12-13,21H,4,11H2,1-3H3,(H,19,22). The minimum atomic E-state index is -0.130. The molecular formula is C18H23N3O. The van der Waals surface area contributed by atoms with Crippen molar-refractivity contribution in [3.05, 3.63) is 53.9 Å². The predicted octanol–water partition coefficient (Wildman–Crippen LogP) is 4.09. The van der Waals surface area contributed by atoms with E-state index >= 15 is 0 Å². The molecular weight excluding hydrogens is 274 g/mol. The number of rotatable bonds is 6. The third-order valence-electron chi connectivity index (χ3n) is 3.40. The lowest BCUT2D eigenvalue weighted by atomic mass is 10.0. The summed E-state index contributed by atoms with van der Waals surface area (Å²) in [5.74, 6) is 0.395. The van der Waals surface area contributed by atoms with Crippen LogP contribution in [0.3, 0.4) is 0 Å². The van der Waals surface area contributed by atoms with Gasteiger partial charge in [-0.05, 0) is 42.2 Å². The van der Waals surface area contributed by atoms with Crippen molar-refractivity contribution in [1.82, 2.24) is 10.3 Å². The summed E-state index contributed by atoms with van der Waals surface area (Å²) >= 11 is 0. The predicted molar refractivity (Wildman–Crippen MR) is 90.7 cm³/mol. The third kappa shape index (κ3) is 4.32. The lowest BCUT2D eigenvalue weighted by molar-refractivity contribution is 0.0949. The zero-order valence-electron chi connectivity index (χ0n) is 13.4. The summed E-state index contributed by atoms with van der Waals surface area (Å²) < 4.78 is 0. The number of carbonyl (C=O) groups excluding carboxylic acids is 1. The molecule has 0 bridgehead atoms. The van der Waals surface area contributed by atoms with Gasteiger partial charge in [0.15, 0.2) is 0 Å². The van der Waals surface area contributed by atoms with Crippen LogP contribution in [-0.4, -0.2) is 17.4 Å². The summed E-state index contributed by atoms with van der Waals surface area (Å²) in [6, 6.07) is 11.9. The Kier molecular flexibility index (Phi) is 5.53. The van der Waals surface area contributed by atoms with E-state index in [1.165, 1.54) is 5.56 Å². The van der Waals surface area contributed by atoms with Crippen LogP contribution >= 0.6 is 0 Å². The van der Waals surface area contributed by atoms with Crippen LogP contribution in [0.15, 0.2) is 42.6 Å². The fourth-order valence-electron chi connectivity index (χ4n) is 2.05. The number of hydrogen-bond donors (Lipinski definition) is 2. The minimum absolute atomic E-state index is 0.130. The maximum atomic E-state index is 11.8. The molecule has 4 nitrogen and oxygen atoms in total. The van der Waals surface area contributed by atoms with Gasteiger partial charge in [-0.2, -0.15) is 0 Å². The highest BCUT2D eigenvalue weighted by molar-refractivity contribution is 5.92. The number of aromatic nitrogens is 1. The molecule has 2 N–H and O–H groups in total. The second kappa shape index (κ2) is 7.59. The van der Waals surface area contributed by atoms with Crippen molar-refractivity contribution in [3.63, 3.8) is 0 Å². The molecule has 116 valence electrons. The van der Waals surface area contributed by atoms with Gasteiger partial charge < -0.3 is 10.6 Å². The first kappa shape index (κ1) is 16.0. The summed E-state index contributed by atoms with van der Waals surface area (Å²) in [5.41, 5.74) is 3.62. The monoisotopic (exact) mass is 297 g/mol. The van der Waals surface area contributed by atoms with Crippen LogP contribution in [0, 0.1) is 0 Å². The van der Waals surface area contributed by atoms with Crippen molar-refractivity contribution in [2.75, 3.05) is 11.9 Å². The number of amides is 1. The van der Waals surface area contributed by atoms with Crippen molar-refractivity contribution in [3.8, 4) is 0 Å². The van der Waals surface area contributed by atoms with Gasteiger partial charge in [-0.1, -0.05) is 32.9 Å². The minimum Gasteiger partial charge on any atom is -0.354 e. The van der Waals surface area contributed by atoms with E-state index in [0.29, 0.717) is 18.2 Å². The highest BCUT2D eigenvalue weighted by atomic mass is 16.1. The van der Waals surface area contributed by atoms with Gasteiger partial charge in [0.05, 0.1) is 11.9 Å². The highest BCUT2D eigenvalue weighted by Gasteiger charge is 2.06. The van der Waals surface area contributed by atoms with Gasteiger partial charge in [0.1, 0.15) is 5.69 Å². The zero-order valence-corrected chi connectivity index (χ0v) is 13.4. The van der Waals surface area contributed by atoms with Gasteiger partial charge in [0.25, 0.3) is 5.91 Å². The fourth-order valence-corrected chi connectivity index (χ4v) is 2.05. The van der Waals surface area contributed by atoms with Crippen molar-refractivity contribution in [2.45, 2.75) is 33.1 Å². The number of nitrogens with zero attached hydrogens (tertiary/aromatic N) is 1. The largest absolute Gasteiger partial charge is 0.354 e. The van der Waals surface area contributed by atoms with Crippen molar-refractivity contribution >= 4 is 17.3 Å². The molecule has 1 aromatic heterocycles. The Morgan fingerprint density at radius 1 is 1.09 bits per heavy atom. The number of carbonyl (C=O) groups is 1. The molecule has 0 radical (unpaired) electrons. The molecule has 0 atom stereocenters. The smallest absolute Gasteiger partial charge is 0.269 e. The summed E-state index contributed by atoms with van der Waals surface area (Å²) in [5, 5.41) is 6.10. The molecule has 22 heavy (non-hydrogen) atoms. The number of anilines is 2. The average molecular weight is 297 g/mol. The Morgan fingerprint density at radius 3 is 2.32 bits per heavy atom. The number of nitrogens with one attached hydrogen (secondary N) is 2. The molecule has 0 saturated heterocycles. The quantitative estimate of drug-likeness (QED) is 0.844. The number of pyridine rings is 1. The molecule has 0 fully saturated rings. The molecule has 0 aliphatic rings. The molecule has 0 aliphatic heterocycles. The lowest BCUT2D eigenvalue weighted by Crippen LogP contribution is -2.24. The van der Waals surface area contributed by atoms with Gasteiger partial charge >= 0.3 is 0 Å². The van der Waals surface area contributed by atoms with Crippen LogP contribution in [0.4, 0.5) is 11.4 Å². The first-order valence-electron chi connectivity index (χ1n) is 7.71. The Hall–Kier alpha value is -2.36. The van der Waals surface area contributed by atoms with E-state index in [2.05, 4.69) is 53.7 Å². The molecule has 0 unspecified atom stereocenters. The van der Waals surface area contributed by atoms with Crippen LogP contribution in [0.25, 0.3) is 0 Å². The number of hydrogen-bond acceptors (Lipinski definition) is 3. The SMILES string of the molecule is CCCNC(=O)c1ccc(Nc2ccc(C(C)C)cc2)cn1. The third-order valence-corrected chi connectivity index (χ3v) is 3.40. The molecule has 4 heteroatoms. The van der Waals surface area contributed by atoms with Gasteiger partial charge in [-0.15, -0.1) is 0 Å². The maximum absolute atomic E-state index is 11.8. The van der Waals surface area contributed by atoms with Crippen LogP contribution in [0.2, 0.25) is 0 Å². The molecule has 2 aromatic rings.